The van der Waals surface area contributed by atoms with Gasteiger partial charge in [-0.25, -0.2) is 0 Å². The molecule has 0 saturated carbocycles. The molecule has 130 valence electrons. The predicted octanol–water partition coefficient (Wildman–Crippen LogP) is 4.38. The number of carbonyl (C=O) groups is 1. The van der Waals surface area contributed by atoms with Gasteiger partial charge in [0.15, 0.2) is 6.10 Å². The van der Waals surface area contributed by atoms with Crippen LogP contribution in [0.15, 0.2) is 78.9 Å². The van der Waals surface area contributed by atoms with Crippen molar-refractivity contribution < 1.29 is 14.3 Å². The molecule has 3 aromatic rings. The van der Waals surface area contributed by atoms with E-state index in [2.05, 4.69) is 6.07 Å². The zero-order valence-electron chi connectivity index (χ0n) is 14.3. The maximum Gasteiger partial charge on any atom is 0.205 e. The van der Waals surface area contributed by atoms with Crippen LogP contribution in [0.3, 0.4) is 0 Å². The van der Waals surface area contributed by atoms with E-state index in [1.165, 1.54) is 0 Å². The number of para-hydroxylation sites is 1. The fourth-order valence-corrected chi connectivity index (χ4v) is 3.83. The Morgan fingerprint density at radius 2 is 1.48 bits per heavy atom. The summed E-state index contributed by atoms with van der Waals surface area (Å²) in [7, 11) is 0. The molecule has 4 nitrogen and oxygen atoms in total. The van der Waals surface area contributed by atoms with Gasteiger partial charge in [0.2, 0.25) is 11.4 Å². The van der Waals surface area contributed by atoms with Crippen molar-refractivity contribution in [3.05, 3.63) is 101 Å². The normalized spacial score (nSPS) is 25.4. The minimum Gasteiger partial charge on any atom is -0.481 e. The Hall–Kier alpha value is -3.42. The summed E-state index contributed by atoms with van der Waals surface area (Å²) in [5.74, 6) is 0.517. The second-order valence-corrected chi connectivity index (χ2v) is 6.76. The molecule has 5 rings (SSSR count). The van der Waals surface area contributed by atoms with Crippen LogP contribution in [0.1, 0.15) is 39.3 Å². The van der Waals surface area contributed by atoms with Crippen molar-refractivity contribution in [3.63, 3.8) is 0 Å². The van der Waals surface area contributed by atoms with Crippen molar-refractivity contribution in [2.45, 2.75) is 17.8 Å². The number of epoxide rings is 1. The summed E-state index contributed by atoms with van der Waals surface area (Å²) in [6.45, 7) is 0. The number of Topliss-reactive ketones (excluding diaryl/α,β-unsaturated/α-hetero) is 1. The summed E-state index contributed by atoms with van der Waals surface area (Å²) in [5.41, 5.74) is 1.80. The van der Waals surface area contributed by atoms with E-state index in [0.29, 0.717) is 16.9 Å². The number of rotatable bonds is 2. The van der Waals surface area contributed by atoms with Gasteiger partial charge in [-0.1, -0.05) is 54.6 Å². The first-order chi connectivity index (χ1) is 13.2. The lowest BCUT2D eigenvalue weighted by atomic mass is 9.81. The summed E-state index contributed by atoms with van der Waals surface area (Å²) in [6, 6.07) is 26.2. The number of hydrogen-bond donors (Lipinski definition) is 0. The third kappa shape index (κ3) is 2.29. The van der Waals surface area contributed by atoms with Crippen LogP contribution in [0.25, 0.3) is 0 Å². The summed E-state index contributed by atoms with van der Waals surface area (Å²) in [5, 5.41) is 9.01. The van der Waals surface area contributed by atoms with Gasteiger partial charge in [-0.2, -0.15) is 5.26 Å². The average Bonchev–Trinajstić information content (AvgIpc) is 3.48. The van der Waals surface area contributed by atoms with Crippen molar-refractivity contribution in [1.29, 1.82) is 5.26 Å². The summed E-state index contributed by atoms with van der Waals surface area (Å²) in [4.78, 5) is 13.4. The lowest BCUT2D eigenvalue weighted by Crippen LogP contribution is -2.40. The van der Waals surface area contributed by atoms with Gasteiger partial charge in [0.1, 0.15) is 11.9 Å². The zero-order chi connectivity index (χ0) is 18.4. The molecule has 4 heteroatoms. The highest BCUT2D eigenvalue weighted by Gasteiger charge is 2.71. The van der Waals surface area contributed by atoms with Gasteiger partial charge in [-0.3, -0.25) is 4.79 Å². The van der Waals surface area contributed by atoms with Crippen LogP contribution < -0.4 is 4.74 Å². The molecular weight excluding hydrogens is 338 g/mol. The molecule has 1 fully saturated rings. The molecule has 1 spiro atoms. The van der Waals surface area contributed by atoms with E-state index in [4.69, 9.17) is 14.7 Å². The molecule has 0 amide bonds. The van der Waals surface area contributed by atoms with Gasteiger partial charge in [0.25, 0.3) is 0 Å². The minimum absolute atomic E-state index is 0.0624. The molecule has 2 aliphatic rings. The second kappa shape index (κ2) is 5.80. The molecule has 2 aliphatic heterocycles. The van der Waals surface area contributed by atoms with Crippen LogP contribution in [0.4, 0.5) is 0 Å². The SMILES string of the molecule is N#Cc1ccc(C2O[C@@]23C(=O)c2ccccc2O[C@@H]3c2ccccc2)cc1. The van der Waals surface area contributed by atoms with E-state index >= 15 is 0 Å². The van der Waals surface area contributed by atoms with Crippen molar-refractivity contribution in [2.24, 2.45) is 0 Å². The van der Waals surface area contributed by atoms with Crippen LogP contribution in [-0.4, -0.2) is 11.4 Å². The smallest absolute Gasteiger partial charge is 0.205 e. The first kappa shape index (κ1) is 15.8. The van der Waals surface area contributed by atoms with Crippen LogP contribution in [0, 0.1) is 11.3 Å². The Bertz CT molecular complexity index is 1070. The van der Waals surface area contributed by atoms with E-state index in [0.717, 1.165) is 11.1 Å². The van der Waals surface area contributed by atoms with Gasteiger partial charge < -0.3 is 9.47 Å². The van der Waals surface area contributed by atoms with Crippen molar-refractivity contribution in [3.8, 4) is 11.8 Å². The molecule has 0 N–H and O–H groups in total. The fourth-order valence-electron chi connectivity index (χ4n) is 3.83. The van der Waals surface area contributed by atoms with E-state index in [9.17, 15) is 4.79 Å². The first-order valence-corrected chi connectivity index (χ1v) is 8.77. The Labute approximate surface area is 156 Å². The molecule has 0 aromatic heterocycles. The highest BCUT2D eigenvalue weighted by Crippen LogP contribution is 2.61. The van der Waals surface area contributed by atoms with E-state index < -0.39 is 17.8 Å². The predicted molar refractivity (Wildman–Crippen MR) is 98.3 cm³/mol. The van der Waals surface area contributed by atoms with E-state index in [1.807, 2.05) is 60.7 Å². The van der Waals surface area contributed by atoms with Crippen LogP contribution in [-0.2, 0) is 4.74 Å². The minimum atomic E-state index is -1.08. The van der Waals surface area contributed by atoms with Crippen LogP contribution >= 0.6 is 0 Å². The van der Waals surface area contributed by atoms with Gasteiger partial charge in [0.05, 0.1) is 17.2 Å². The summed E-state index contributed by atoms with van der Waals surface area (Å²) < 4.78 is 12.3. The number of nitrogens with zero attached hydrogens (tertiary/aromatic N) is 1. The van der Waals surface area contributed by atoms with Crippen molar-refractivity contribution in [1.82, 2.24) is 0 Å². The number of ether oxygens (including phenoxy) is 2. The molecule has 1 unspecified atom stereocenters. The maximum absolute atomic E-state index is 13.4. The van der Waals surface area contributed by atoms with E-state index in [-0.39, 0.29) is 5.78 Å². The largest absolute Gasteiger partial charge is 0.481 e. The van der Waals surface area contributed by atoms with Gasteiger partial charge >= 0.3 is 0 Å². The van der Waals surface area contributed by atoms with Gasteiger partial charge in [-0.05, 0) is 35.4 Å². The highest BCUT2D eigenvalue weighted by atomic mass is 16.6. The highest BCUT2D eigenvalue weighted by molar-refractivity contribution is 6.08. The van der Waals surface area contributed by atoms with Gasteiger partial charge in [-0.15, -0.1) is 0 Å². The fraction of sp³-hybridized carbons (Fsp3) is 0.130. The van der Waals surface area contributed by atoms with Gasteiger partial charge in [0, 0.05) is 0 Å². The zero-order valence-corrected chi connectivity index (χ0v) is 14.3. The molecule has 0 radical (unpaired) electrons. The Morgan fingerprint density at radius 3 is 2.22 bits per heavy atom. The molecule has 0 aliphatic carbocycles. The summed E-state index contributed by atoms with van der Waals surface area (Å²) in [6.07, 6.45) is -0.932. The summed E-state index contributed by atoms with van der Waals surface area (Å²) >= 11 is 0. The Kier molecular flexibility index (Phi) is 3.40. The molecule has 27 heavy (non-hydrogen) atoms. The van der Waals surface area contributed by atoms with Crippen LogP contribution in [0.2, 0.25) is 0 Å². The number of hydrogen-bond acceptors (Lipinski definition) is 4. The molecular formula is C23H15NO3. The maximum atomic E-state index is 13.4. The first-order valence-electron chi connectivity index (χ1n) is 8.77. The van der Waals surface area contributed by atoms with Crippen LogP contribution in [0.5, 0.6) is 5.75 Å². The molecule has 1 saturated heterocycles. The standard InChI is InChI=1S/C23H15NO3/c24-14-15-10-12-17(13-11-15)22-23(27-22)20(25)18-8-4-5-9-19(18)26-21(23)16-6-2-1-3-7-16/h1-13,21-22H/t21-,22?,23-/m1/s1. The third-order valence-electron chi connectivity index (χ3n) is 5.21. The molecule has 3 atom stereocenters. The Balaban J connectivity index is 1.62. The number of nitriles is 1. The lowest BCUT2D eigenvalue weighted by Gasteiger charge is -2.31. The number of ketones is 1. The van der Waals surface area contributed by atoms with Crippen molar-refractivity contribution >= 4 is 5.78 Å². The number of benzene rings is 3. The average molecular weight is 353 g/mol. The van der Waals surface area contributed by atoms with Crippen molar-refractivity contribution in [2.75, 3.05) is 0 Å². The second-order valence-electron chi connectivity index (χ2n) is 6.76. The number of carbonyl (C=O) groups excluding carboxylic acids is 1. The molecule has 2 heterocycles. The quantitative estimate of drug-likeness (QED) is 0.641. The third-order valence-corrected chi connectivity index (χ3v) is 5.21. The Morgan fingerprint density at radius 1 is 0.815 bits per heavy atom. The van der Waals surface area contributed by atoms with E-state index in [1.54, 1.807) is 18.2 Å². The topological polar surface area (TPSA) is 62.6 Å². The molecule has 0 bridgehead atoms. The molecule has 3 aromatic carbocycles. The monoisotopic (exact) mass is 353 g/mol. The number of fused-ring (bicyclic) bond motifs is 1. The lowest BCUT2D eigenvalue weighted by molar-refractivity contribution is 0.0523.